The van der Waals surface area contributed by atoms with Gasteiger partial charge in [0.15, 0.2) is 9.84 Å². The molecule has 0 radical (unpaired) electrons. The Hall–Kier alpha value is -1.59. The Labute approximate surface area is 117 Å². The van der Waals surface area contributed by atoms with Gasteiger partial charge in [0.05, 0.1) is 16.3 Å². The van der Waals surface area contributed by atoms with Crippen LogP contribution in [0, 0.1) is 0 Å². The zero-order chi connectivity index (χ0) is 13.9. The third-order valence-corrected chi connectivity index (χ3v) is 4.72. The zero-order valence-corrected chi connectivity index (χ0v) is 11.7. The first-order valence-electron chi connectivity index (χ1n) is 5.66. The average molecular weight is 297 g/mol. The zero-order valence-electron chi connectivity index (χ0n) is 10.1. The molecule has 1 heterocycles. The molecule has 0 spiro atoms. The molecule has 0 aliphatic rings. The van der Waals surface area contributed by atoms with Crippen LogP contribution in [0.4, 0.5) is 5.69 Å². The molecule has 0 aliphatic heterocycles. The maximum atomic E-state index is 12.2. The summed E-state index contributed by atoms with van der Waals surface area (Å²) in [5, 5.41) is 0.358. The predicted octanol–water partition coefficient (Wildman–Crippen LogP) is 2.33. The third kappa shape index (κ3) is 3.45. The Balaban J connectivity index is 2.21. The van der Waals surface area contributed by atoms with Gasteiger partial charge in [-0.25, -0.2) is 8.42 Å². The van der Waals surface area contributed by atoms with Crippen LogP contribution in [-0.2, 0) is 16.3 Å². The normalized spacial score (nSPS) is 11.4. The molecule has 4 nitrogen and oxygen atoms in total. The molecule has 2 N–H and O–H groups in total. The van der Waals surface area contributed by atoms with Gasteiger partial charge in [0, 0.05) is 17.4 Å². The van der Waals surface area contributed by atoms with E-state index in [4.69, 9.17) is 17.3 Å². The number of halogens is 1. The van der Waals surface area contributed by atoms with Crippen LogP contribution in [0.3, 0.4) is 0 Å². The number of rotatable bonds is 4. The smallest absolute Gasteiger partial charge is 0.180 e. The van der Waals surface area contributed by atoms with Crippen molar-refractivity contribution in [2.24, 2.45) is 0 Å². The molecule has 0 amide bonds. The summed E-state index contributed by atoms with van der Waals surface area (Å²) in [5.41, 5.74) is 6.83. The summed E-state index contributed by atoms with van der Waals surface area (Å²) in [6.45, 7) is 0. The van der Waals surface area contributed by atoms with E-state index in [2.05, 4.69) is 4.98 Å². The fourth-order valence-electron chi connectivity index (χ4n) is 1.69. The minimum absolute atomic E-state index is 0.0123. The molecule has 2 rings (SSSR count). The minimum atomic E-state index is -3.44. The Kier molecular flexibility index (Phi) is 4.07. The molecule has 0 bridgehead atoms. The van der Waals surface area contributed by atoms with Crippen molar-refractivity contribution in [1.29, 1.82) is 0 Å². The standard InChI is InChI=1S/C13H13ClN2O2S/c14-11-1-2-12(15)13(9-11)19(17,18)8-5-10-3-6-16-7-4-10/h1-4,6-7,9H,5,8,15H2. The van der Waals surface area contributed by atoms with E-state index in [1.807, 2.05) is 0 Å². The van der Waals surface area contributed by atoms with Gasteiger partial charge >= 0.3 is 0 Å². The van der Waals surface area contributed by atoms with Crippen LogP contribution in [0.5, 0.6) is 0 Å². The van der Waals surface area contributed by atoms with Crippen molar-refractivity contribution in [1.82, 2.24) is 4.98 Å². The number of hydrogen-bond donors (Lipinski definition) is 1. The molecule has 100 valence electrons. The number of nitrogens with two attached hydrogens (primary N) is 1. The summed E-state index contributed by atoms with van der Waals surface area (Å²) in [5.74, 6) is -0.0123. The van der Waals surface area contributed by atoms with Gasteiger partial charge in [-0.15, -0.1) is 0 Å². The number of aromatic nitrogens is 1. The highest BCUT2D eigenvalue weighted by Crippen LogP contribution is 2.24. The number of anilines is 1. The maximum Gasteiger partial charge on any atom is 0.180 e. The van der Waals surface area contributed by atoms with Crippen LogP contribution in [0.15, 0.2) is 47.6 Å². The lowest BCUT2D eigenvalue weighted by molar-refractivity contribution is 0.595. The van der Waals surface area contributed by atoms with E-state index in [-0.39, 0.29) is 16.3 Å². The molecule has 0 saturated carbocycles. The second kappa shape index (κ2) is 5.59. The van der Waals surface area contributed by atoms with E-state index < -0.39 is 9.84 Å². The quantitative estimate of drug-likeness (QED) is 0.879. The number of nitrogen functional groups attached to an aromatic ring is 1. The summed E-state index contributed by atoms with van der Waals surface area (Å²) in [6, 6.07) is 8.03. The molecule has 0 unspecified atom stereocenters. The summed E-state index contributed by atoms with van der Waals surface area (Å²) in [4.78, 5) is 3.98. The van der Waals surface area contributed by atoms with Crippen molar-refractivity contribution >= 4 is 27.1 Å². The lowest BCUT2D eigenvalue weighted by Gasteiger charge is -2.08. The Morgan fingerprint density at radius 1 is 1.16 bits per heavy atom. The van der Waals surface area contributed by atoms with E-state index in [1.54, 1.807) is 30.6 Å². The molecule has 0 atom stereocenters. The van der Waals surface area contributed by atoms with E-state index in [0.717, 1.165) is 5.56 Å². The van der Waals surface area contributed by atoms with Gasteiger partial charge in [0.25, 0.3) is 0 Å². The van der Waals surface area contributed by atoms with Crippen molar-refractivity contribution in [2.75, 3.05) is 11.5 Å². The number of nitrogens with zero attached hydrogens (tertiary/aromatic N) is 1. The monoisotopic (exact) mass is 296 g/mol. The first-order valence-corrected chi connectivity index (χ1v) is 7.69. The Morgan fingerprint density at radius 3 is 2.53 bits per heavy atom. The molecule has 1 aromatic heterocycles. The van der Waals surface area contributed by atoms with Gasteiger partial charge in [-0.2, -0.15) is 0 Å². The summed E-state index contributed by atoms with van der Waals surface area (Å²) < 4.78 is 24.4. The Morgan fingerprint density at radius 2 is 1.84 bits per heavy atom. The van der Waals surface area contributed by atoms with E-state index in [0.29, 0.717) is 11.4 Å². The van der Waals surface area contributed by atoms with Gasteiger partial charge in [-0.3, -0.25) is 4.98 Å². The molecule has 0 aliphatic carbocycles. The first-order chi connectivity index (χ1) is 8.99. The highest BCUT2D eigenvalue weighted by Gasteiger charge is 2.18. The van der Waals surface area contributed by atoms with E-state index >= 15 is 0 Å². The maximum absolute atomic E-state index is 12.2. The van der Waals surface area contributed by atoms with Crippen LogP contribution < -0.4 is 5.73 Å². The average Bonchev–Trinajstić information content (AvgIpc) is 2.40. The molecule has 1 aromatic carbocycles. The predicted molar refractivity (Wildman–Crippen MR) is 75.9 cm³/mol. The van der Waals surface area contributed by atoms with Crippen molar-refractivity contribution in [3.63, 3.8) is 0 Å². The number of sulfone groups is 1. The molecular formula is C13H13ClN2O2S. The van der Waals surface area contributed by atoms with Crippen molar-refractivity contribution in [3.05, 3.63) is 53.3 Å². The van der Waals surface area contributed by atoms with Gasteiger partial charge in [0.1, 0.15) is 0 Å². The largest absolute Gasteiger partial charge is 0.398 e. The summed E-state index contributed by atoms with van der Waals surface area (Å²) in [6.07, 6.45) is 3.68. The van der Waals surface area contributed by atoms with Crippen LogP contribution in [0.1, 0.15) is 5.56 Å². The molecule has 0 fully saturated rings. The van der Waals surface area contributed by atoms with Crippen molar-refractivity contribution in [2.45, 2.75) is 11.3 Å². The van der Waals surface area contributed by atoms with Crippen molar-refractivity contribution in [3.8, 4) is 0 Å². The lowest BCUT2D eigenvalue weighted by Crippen LogP contribution is -2.11. The molecule has 0 saturated heterocycles. The fourth-order valence-corrected chi connectivity index (χ4v) is 3.38. The molecule has 2 aromatic rings. The van der Waals surface area contributed by atoms with Gasteiger partial charge < -0.3 is 5.73 Å². The summed E-state index contributed by atoms with van der Waals surface area (Å²) >= 11 is 5.81. The fraction of sp³-hybridized carbons (Fsp3) is 0.154. The SMILES string of the molecule is Nc1ccc(Cl)cc1S(=O)(=O)CCc1ccncc1. The van der Waals surface area contributed by atoms with Crippen LogP contribution >= 0.6 is 11.6 Å². The number of benzene rings is 1. The molecule has 6 heteroatoms. The Bertz CT molecular complexity index is 672. The highest BCUT2D eigenvalue weighted by atomic mass is 35.5. The van der Waals surface area contributed by atoms with Gasteiger partial charge in [0.2, 0.25) is 0 Å². The first kappa shape index (κ1) is 13.8. The molecule has 19 heavy (non-hydrogen) atoms. The third-order valence-electron chi connectivity index (χ3n) is 2.72. The van der Waals surface area contributed by atoms with Crippen LogP contribution in [0.2, 0.25) is 5.02 Å². The molecular weight excluding hydrogens is 284 g/mol. The van der Waals surface area contributed by atoms with E-state index in [1.165, 1.54) is 12.1 Å². The second-order valence-electron chi connectivity index (χ2n) is 4.11. The van der Waals surface area contributed by atoms with Gasteiger partial charge in [-0.1, -0.05) is 11.6 Å². The highest BCUT2D eigenvalue weighted by molar-refractivity contribution is 7.91. The number of pyridine rings is 1. The second-order valence-corrected chi connectivity index (χ2v) is 6.62. The number of hydrogen-bond acceptors (Lipinski definition) is 4. The number of aryl methyl sites for hydroxylation is 1. The lowest BCUT2D eigenvalue weighted by atomic mass is 10.2. The van der Waals surface area contributed by atoms with Crippen LogP contribution in [-0.4, -0.2) is 19.2 Å². The van der Waals surface area contributed by atoms with Crippen LogP contribution in [0.25, 0.3) is 0 Å². The van der Waals surface area contributed by atoms with E-state index in [9.17, 15) is 8.42 Å². The minimum Gasteiger partial charge on any atom is -0.398 e. The summed E-state index contributed by atoms with van der Waals surface area (Å²) in [7, 11) is -3.44. The van der Waals surface area contributed by atoms with Gasteiger partial charge in [-0.05, 0) is 42.3 Å². The van der Waals surface area contributed by atoms with Crippen molar-refractivity contribution < 1.29 is 8.42 Å². The topological polar surface area (TPSA) is 73.1 Å².